The van der Waals surface area contributed by atoms with Gasteiger partial charge in [-0.3, -0.25) is 0 Å². The number of carbonyl (C=O) groups is 1. The standard InChI is InChI=1S/C17H25FO3S2/c1-15(2,18)14(20)21-16-5-10-3-11(6-16)17(12(4-10)7-16)22-9-13(8-19)23-17/h10-13,19H,3-9H2,1-2H3. The van der Waals surface area contributed by atoms with Crippen LogP contribution >= 0.6 is 23.5 Å². The second-order valence-corrected chi connectivity index (χ2v) is 11.5. The summed E-state index contributed by atoms with van der Waals surface area (Å²) in [6.07, 6.45) is 5.07. The maximum Gasteiger partial charge on any atom is 0.343 e. The monoisotopic (exact) mass is 360 g/mol. The van der Waals surface area contributed by atoms with Gasteiger partial charge in [0.25, 0.3) is 0 Å². The molecule has 0 amide bonds. The van der Waals surface area contributed by atoms with Gasteiger partial charge in [0, 0.05) is 11.0 Å². The lowest BCUT2D eigenvalue weighted by molar-refractivity contribution is -0.197. The van der Waals surface area contributed by atoms with E-state index in [9.17, 15) is 14.3 Å². The molecule has 1 saturated heterocycles. The Balaban J connectivity index is 1.57. The van der Waals surface area contributed by atoms with Crippen molar-refractivity contribution in [2.45, 2.75) is 66.6 Å². The molecule has 4 bridgehead atoms. The largest absolute Gasteiger partial charge is 0.457 e. The zero-order chi connectivity index (χ0) is 16.5. The van der Waals surface area contributed by atoms with E-state index in [1.807, 2.05) is 23.5 Å². The van der Waals surface area contributed by atoms with Crippen LogP contribution in [0.1, 0.15) is 46.0 Å². The number of ether oxygens (including phenoxy) is 1. The highest BCUT2D eigenvalue weighted by Gasteiger charge is 2.66. The number of alkyl halides is 1. The lowest BCUT2D eigenvalue weighted by atomic mass is 9.53. The summed E-state index contributed by atoms with van der Waals surface area (Å²) in [6.45, 7) is 2.82. The molecular weight excluding hydrogens is 335 g/mol. The van der Waals surface area contributed by atoms with Gasteiger partial charge in [0.1, 0.15) is 5.60 Å². The minimum absolute atomic E-state index is 0.200. The summed E-state index contributed by atoms with van der Waals surface area (Å²) in [4.78, 5) is 12.1. The van der Waals surface area contributed by atoms with Crippen LogP contribution in [0.15, 0.2) is 0 Å². The van der Waals surface area contributed by atoms with Gasteiger partial charge in [-0.2, -0.15) is 0 Å². The van der Waals surface area contributed by atoms with Crippen LogP contribution in [0.4, 0.5) is 4.39 Å². The Labute approximate surface area is 145 Å². The van der Waals surface area contributed by atoms with Gasteiger partial charge in [-0.1, -0.05) is 0 Å². The Hall–Kier alpha value is 0.0600. The van der Waals surface area contributed by atoms with Gasteiger partial charge in [-0.15, -0.1) is 23.5 Å². The van der Waals surface area contributed by atoms with Crippen LogP contribution in [0, 0.1) is 17.8 Å². The smallest absolute Gasteiger partial charge is 0.343 e. The number of thioether (sulfide) groups is 2. The fourth-order valence-electron chi connectivity index (χ4n) is 5.37. The van der Waals surface area contributed by atoms with Crippen LogP contribution in [0.3, 0.4) is 0 Å². The molecular formula is C17H25FO3S2. The topological polar surface area (TPSA) is 46.5 Å². The van der Waals surface area contributed by atoms with Crippen molar-refractivity contribution < 1.29 is 19.0 Å². The first kappa shape index (κ1) is 16.5. The van der Waals surface area contributed by atoms with Gasteiger partial charge in [0.05, 0.1) is 10.7 Å². The van der Waals surface area contributed by atoms with Crippen LogP contribution in [-0.4, -0.2) is 44.0 Å². The molecule has 3 nitrogen and oxygen atoms in total. The highest BCUT2D eigenvalue weighted by atomic mass is 32.2. The highest BCUT2D eigenvalue weighted by Crippen LogP contribution is 2.71. The van der Waals surface area contributed by atoms with Gasteiger partial charge < -0.3 is 9.84 Å². The van der Waals surface area contributed by atoms with E-state index in [-0.39, 0.29) is 10.7 Å². The van der Waals surface area contributed by atoms with Crippen molar-refractivity contribution in [2.24, 2.45) is 17.8 Å². The molecule has 3 unspecified atom stereocenters. The van der Waals surface area contributed by atoms with E-state index in [2.05, 4.69) is 0 Å². The molecule has 0 aromatic carbocycles. The highest BCUT2D eigenvalue weighted by molar-refractivity contribution is 8.21. The van der Waals surface area contributed by atoms with Crippen molar-refractivity contribution in [1.82, 2.24) is 0 Å². The van der Waals surface area contributed by atoms with Crippen molar-refractivity contribution in [1.29, 1.82) is 0 Å². The minimum Gasteiger partial charge on any atom is -0.457 e. The lowest BCUT2D eigenvalue weighted by Gasteiger charge is -2.63. The van der Waals surface area contributed by atoms with Gasteiger partial charge >= 0.3 is 5.97 Å². The van der Waals surface area contributed by atoms with Crippen molar-refractivity contribution in [3.63, 3.8) is 0 Å². The normalized spacial score (nSPS) is 48.2. The first-order valence-electron chi connectivity index (χ1n) is 8.61. The molecule has 0 radical (unpaired) electrons. The lowest BCUT2D eigenvalue weighted by Crippen LogP contribution is -2.62. The van der Waals surface area contributed by atoms with Gasteiger partial charge in [-0.25, -0.2) is 9.18 Å². The second-order valence-electron chi connectivity index (χ2n) is 8.34. The Morgan fingerprint density at radius 1 is 1.30 bits per heavy atom. The Morgan fingerprint density at radius 2 is 1.96 bits per heavy atom. The second kappa shape index (κ2) is 5.28. The number of rotatable bonds is 3. The van der Waals surface area contributed by atoms with Gasteiger partial charge in [-0.05, 0) is 63.7 Å². The predicted molar refractivity (Wildman–Crippen MR) is 91.2 cm³/mol. The average Bonchev–Trinajstić information content (AvgIpc) is 2.88. The summed E-state index contributed by atoms with van der Waals surface area (Å²) in [6, 6.07) is 0. The molecule has 0 aromatic rings. The summed E-state index contributed by atoms with van der Waals surface area (Å²) < 4.78 is 19.9. The molecule has 5 rings (SSSR count). The van der Waals surface area contributed by atoms with Crippen LogP contribution < -0.4 is 0 Å². The molecule has 1 N–H and O–H groups in total. The molecule has 23 heavy (non-hydrogen) atoms. The number of aliphatic hydroxyl groups is 1. The van der Waals surface area contributed by atoms with E-state index in [0.29, 0.717) is 23.0 Å². The zero-order valence-electron chi connectivity index (χ0n) is 13.7. The summed E-state index contributed by atoms with van der Waals surface area (Å²) in [7, 11) is 0. The third-order valence-corrected chi connectivity index (χ3v) is 10.3. The van der Waals surface area contributed by atoms with E-state index in [1.54, 1.807) is 0 Å². The van der Waals surface area contributed by atoms with Crippen molar-refractivity contribution in [2.75, 3.05) is 12.4 Å². The molecule has 3 atom stereocenters. The number of carbonyl (C=O) groups excluding carboxylic acids is 1. The molecule has 0 aromatic heterocycles. The molecule has 1 heterocycles. The molecule has 4 aliphatic carbocycles. The first-order valence-corrected chi connectivity index (χ1v) is 10.5. The zero-order valence-corrected chi connectivity index (χ0v) is 15.4. The first-order chi connectivity index (χ1) is 10.8. The summed E-state index contributed by atoms with van der Waals surface area (Å²) in [5, 5.41) is 9.85. The van der Waals surface area contributed by atoms with E-state index >= 15 is 0 Å². The predicted octanol–water partition coefficient (Wildman–Crippen LogP) is 3.39. The third kappa shape index (κ3) is 2.54. The quantitative estimate of drug-likeness (QED) is 0.782. The number of esters is 1. The molecule has 5 aliphatic rings. The molecule has 6 heteroatoms. The summed E-state index contributed by atoms with van der Waals surface area (Å²) >= 11 is 3.99. The van der Waals surface area contributed by atoms with Crippen molar-refractivity contribution in [3.05, 3.63) is 0 Å². The SMILES string of the molecule is CC(C)(F)C(=O)OC12CC3CC(C1)C1(SCC(CO)S1)C(C3)C2. The van der Waals surface area contributed by atoms with Crippen LogP contribution in [-0.2, 0) is 9.53 Å². The van der Waals surface area contributed by atoms with Crippen molar-refractivity contribution in [3.8, 4) is 0 Å². The van der Waals surface area contributed by atoms with Crippen LogP contribution in [0.2, 0.25) is 0 Å². The van der Waals surface area contributed by atoms with Gasteiger partial charge in [0.2, 0.25) is 5.67 Å². The number of hydrogen-bond donors (Lipinski definition) is 1. The average molecular weight is 361 g/mol. The number of aliphatic hydroxyl groups excluding tert-OH is 1. The maximum atomic E-state index is 13.9. The number of hydrogen-bond acceptors (Lipinski definition) is 5. The Bertz CT molecular complexity index is 502. The molecule has 1 spiro atoms. The van der Waals surface area contributed by atoms with E-state index in [0.717, 1.165) is 25.0 Å². The van der Waals surface area contributed by atoms with Crippen LogP contribution in [0.25, 0.3) is 0 Å². The van der Waals surface area contributed by atoms with E-state index in [1.165, 1.54) is 26.7 Å². The molecule has 1 aliphatic heterocycles. The Kier molecular flexibility index (Phi) is 3.79. The minimum atomic E-state index is -1.92. The molecule has 4 saturated carbocycles. The third-order valence-electron chi connectivity index (χ3n) is 6.12. The molecule has 5 fully saturated rings. The summed E-state index contributed by atoms with van der Waals surface area (Å²) in [5.41, 5.74) is -2.35. The summed E-state index contributed by atoms with van der Waals surface area (Å²) in [5.74, 6) is 1.98. The Morgan fingerprint density at radius 3 is 2.48 bits per heavy atom. The fourth-order valence-corrected chi connectivity index (χ4v) is 9.45. The van der Waals surface area contributed by atoms with Gasteiger partial charge in [0.15, 0.2) is 0 Å². The van der Waals surface area contributed by atoms with Crippen molar-refractivity contribution >= 4 is 29.5 Å². The maximum absolute atomic E-state index is 13.9. The van der Waals surface area contributed by atoms with E-state index in [4.69, 9.17) is 4.74 Å². The fraction of sp³-hybridized carbons (Fsp3) is 0.941. The molecule has 130 valence electrons. The van der Waals surface area contributed by atoms with E-state index < -0.39 is 17.2 Å². The number of halogens is 1. The van der Waals surface area contributed by atoms with Crippen LogP contribution in [0.5, 0.6) is 0 Å².